The summed E-state index contributed by atoms with van der Waals surface area (Å²) < 4.78 is 5.72. The number of carbonyl (C=O) groups is 1. The zero-order chi connectivity index (χ0) is 22.9. The largest absolute Gasteiger partial charge is 0.423 e. The van der Waals surface area contributed by atoms with Crippen molar-refractivity contribution in [2.75, 3.05) is 0 Å². The van der Waals surface area contributed by atoms with E-state index >= 15 is 0 Å². The fourth-order valence-corrected chi connectivity index (χ4v) is 3.67. The van der Waals surface area contributed by atoms with E-state index in [1.807, 2.05) is 38.1 Å². The van der Waals surface area contributed by atoms with Crippen LogP contribution in [0.2, 0.25) is 0 Å². The monoisotopic (exact) mass is 407 g/mol. The second-order valence-electron chi connectivity index (χ2n) is 10.0. The highest BCUT2D eigenvalue weighted by atomic mass is 16.5. The Kier molecular flexibility index (Phi) is 6.70. The second kappa shape index (κ2) is 8.55. The maximum atomic E-state index is 12.1. The number of nitrogens with zero attached hydrogens (tertiary/aromatic N) is 1. The minimum Gasteiger partial charge on any atom is -0.423 e. The number of carbonyl (C=O) groups excluding carboxylic acids is 1. The van der Waals surface area contributed by atoms with E-state index < -0.39 is 5.97 Å². The smallest absolute Gasteiger partial charge is 0.335 e. The molecule has 2 aromatic rings. The van der Waals surface area contributed by atoms with E-state index in [2.05, 4.69) is 53.3 Å². The van der Waals surface area contributed by atoms with Gasteiger partial charge in [0.15, 0.2) is 0 Å². The Hall–Kier alpha value is -2.75. The molecule has 0 spiro atoms. The highest BCUT2D eigenvalue weighted by Crippen LogP contribution is 2.40. The minimum absolute atomic E-state index is 0.217. The summed E-state index contributed by atoms with van der Waals surface area (Å²) in [6, 6.07) is 8.07. The van der Waals surface area contributed by atoms with Gasteiger partial charge >= 0.3 is 5.97 Å². The van der Waals surface area contributed by atoms with E-state index in [1.165, 1.54) is 6.08 Å². The van der Waals surface area contributed by atoms with Gasteiger partial charge in [-0.1, -0.05) is 83.5 Å². The number of ether oxygens (including phenoxy) is 1. The highest BCUT2D eigenvalue weighted by Gasteiger charge is 2.26. The molecule has 0 aliphatic carbocycles. The van der Waals surface area contributed by atoms with Gasteiger partial charge in [0, 0.05) is 18.1 Å². The summed E-state index contributed by atoms with van der Waals surface area (Å²) in [7, 11) is 0. The fourth-order valence-electron chi connectivity index (χ4n) is 3.67. The molecule has 0 radical (unpaired) electrons. The van der Waals surface area contributed by atoms with Crippen LogP contribution in [0.4, 0.5) is 5.69 Å². The third kappa shape index (κ3) is 5.24. The van der Waals surface area contributed by atoms with E-state index in [0.29, 0.717) is 17.9 Å². The molecule has 0 saturated carbocycles. The third-order valence-corrected chi connectivity index (χ3v) is 5.10. The zero-order valence-electron chi connectivity index (χ0n) is 19.5. The van der Waals surface area contributed by atoms with E-state index in [-0.39, 0.29) is 10.8 Å². The Morgan fingerprint density at radius 2 is 1.43 bits per heavy atom. The highest BCUT2D eigenvalue weighted by molar-refractivity contribution is 5.84. The Labute approximate surface area is 180 Å². The lowest BCUT2D eigenvalue weighted by Gasteiger charge is -2.26. The predicted molar refractivity (Wildman–Crippen MR) is 124 cm³/mol. The van der Waals surface area contributed by atoms with Gasteiger partial charge in [-0.3, -0.25) is 0 Å². The molecule has 2 rings (SSSR count). The first-order chi connectivity index (χ1) is 13.8. The normalized spacial score (nSPS) is 11.9. The van der Waals surface area contributed by atoms with Crippen LogP contribution in [0.25, 0.3) is 0 Å². The van der Waals surface area contributed by atoms with Crippen molar-refractivity contribution in [2.24, 2.45) is 5.18 Å². The van der Waals surface area contributed by atoms with Gasteiger partial charge in [-0.05, 0) is 46.5 Å². The quantitative estimate of drug-likeness (QED) is 0.232. The Balaban J connectivity index is 2.76. The molecule has 0 bridgehead atoms. The molecule has 0 saturated heterocycles. The summed E-state index contributed by atoms with van der Waals surface area (Å²) in [6.07, 6.45) is 1.61. The summed E-state index contributed by atoms with van der Waals surface area (Å²) in [4.78, 5) is 24.0. The van der Waals surface area contributed by atoms with Crippen LogP contribution < -0.4 is 4.74 Å². The van der Waals surface area contributed by atoms with Crippen LogP contribution in [-0.4, -0.2) is 5.97 Å². The van der Waals surface area contributed by atoms with Gasteiger partial charge in [-0.25, -0.2) is 4.79 Å². The number of esters is 1. The van der Waals surface area contributed by atoms with E-state index in [0.717, 1.165) is 33.4 Å². The van der Waals surface area contributed by atoms with Gasteiger partial charge in [0.2, 0.25) is 0 Å². The average molecular weight is 408 g/mol. The number of rotatable bonds is 5. The first-order valence-corrected chi connectivity index (χ1v) is 10.2. The van der Waals surface area contributed by atoms with Crippen LogP contribution in [0.3, 0.4) is 0 Å². The lowest BCUT2D eigenvalue weighted by Crippen LogP contribution is -2.17. The predicted octanol–water partition coefficient (Wildman–Crippen LogP) is 6.98. The van der Waals surface area contributed by atoms with Crippen molar-refractivity contribution in [2.45, 2.75) is 72.6 Å². The zero-order valence-corrected chi connectivity index (χ0v) is 19.5. The Bertz CT molecular complexity index is 989. The molecule has 0 aromatic heterocycles. The summed E-state index contributed by atoms with van der Waals surface area (Å²) in [5, 5.41) is 3.40. The van der Waals surface area contributed by atoms with Gasteiger partial charge in [-0.15, -0.1) is 4.91 Å². The molecule has 0 atom stereocenters. The number of nitroso groups, excluding NO2 is 1. The van der Waals surface area contributed by atoms with Crippen molar-refractivity contribution in [3.05, 3.63) is 75.2 Å². The molecule has 2 aromatic carbocycles. The van der Waals surface area contributed by atoms with Crippen LogP contribution in [0.1, 0.15) is 74.9 Å². The molecule has 4 nitrogen and oxygen atoms in total. The Morgan fingerprint density at radius 1 is 0.933 bits per heavy atom. The van der Waals surface area contributed by atoms with E-state index in [1.54, 1.807) is 0 Å². The van der Waals surface area contributed by atoms with Crippen LogP contribution >= 0.6 is 0 Å². The van der Waals surface area contributed by atoms with Gasteiger partial charge < -0.3 is 4.74 Å². The first kappa shape index (κ1) is 23.5. The first-order valence-electron chi connectivity index (χ1n) is 10.2. The van der Waals surface area contributed by atoms with E-state index in [4.69, 9.17) is 4.74 Å². The minimum atomic E-state index is -0.501. The fraction of sp³-hybridized carbons (Fsp3) is 0.423. The molecule has 0 N–H and O–H groups in total. The summed E-state index contributed by atoms with van der Waals surface area (Å²) in [6.45, 7) is 20.0. The number of aryl methyl sites for hydroxylation is 2. The molecule has 30 heavy (non-hydrogen) atoms. The summed E-state index contributed by atoms with van der Waals surface area (Å²) >= 11 is 0. The number of hydrogen-bond acceptors (Lipinski definition) is 4. The van der Waals surface area contributed by atoms with Gasteiger partial charge in [0.05, 0.1) is 0 Å². The van der Waals surface area contributed by atoms with Gasteiger partial charge in [-0.2, -0.15) is 0 Å². The van der Waals surface area contributed by atoms with Gasteiger partial charge in [0.1, 0.15) is 11.4 Å². The van der Waals surface area contributed by atoms with Crippen LogP contribution in [0, 0.1) is 18.8 Å². The molecule has 4 heteroatoms. The second-order valence-corrected chi connectivity index (χ2v) is 10.0. The molecular formula is C26H33NO3. The number of benzene rings is 2. The van der Waals surface area contributed by atoms with Gasteiger partial charge in [0.25, 0.3) is 0 Å². The molecule has 0 heterocycles. The molecular weight excluding hydrogens is 374 g/mol. The molecule has 0 fully saturated rings. The van der Waals surface area contributed by atoms with Crippen molar-refractivity contribution in [3.63, 3.8) is 0 Å². The topological polar surface area (TPSA) is 55.7 Å². The lowest BCUT2D eigenvalue weighted by molar-refractivity contribution is -0.129. The van der Waals surface area contributed by atoms with Crippen molar-refractivity contribution in [3.8, 4) is 5.75 Å². The number of hydrogen-bond donors (Lipinski definition) is 0. The molecule has 0 aliphatic rings. The van der Waals surface area contributed by atoms with Crippen LogP contribution in [0.15, 0.2) is 42.1 Å². The van der Waals surface area contributed by atoms with Crippen molar-refractivity contribution >= 4 is 11.7 Å². The summed E-state index contributed by atoms with van der Waals surface area (Å²) in [5.74, 6) is 0.0348. The van der Waals surface area contributed by atoms with Crippen molar-refractivity contribution < 1.29 is 9.53 Å². The van der Waals surface area contributed by atoms with Crippen molar-refractivity contribution in [1.29, 1.82) is 0 Å². The molecule has 0 amide bonds. The van der Waals surface area contributed by atoms with Crippen LogP contribution in [-0.2, 0) is 22.0 Å². The van der Waals surface area contributed by atoms with Crippen LogP contribution in [0.5, 0.6) is 5.75 Å². The SMILES string of the molecule is C=CC(=O)Oc1c(Cc2cc(C)cc(C(C)(C)C)c2N=O)cc(C)cc1C(C)(C)C. The maximum absolute atomic E-state index is 12.1. The third-order valence-electron chi connectivity index (χ3n) is 5.10. The van der Waals surface area contributed by atoms with Crippen molar-refractivity contribution in [1.82, 2.24) is 0 Å². The lowest BCUT2D eigenvalue weighted by atomic mass is 9.81. The summed E-state index contributed by atoms with van der Waals surface area (Å²) in [5.41, 5.74) is 5.69. The molecule has 0 unspecified atom stereocenters. The van der Waals surface area contributed by atoms with E-state index in [9.17, 15) is 9.70 Å². The average Bonchev–Trinajstić information content (AvgIpc) is 2.61. The molecule has 0 aliphatic heterocycles. The standard InChI is InChI=1S/C26H33NO3/c1-10-22(28)30-24-19(12-17(3)14-21(24)26(7,8)9)15-18-11-16(2)13-20(23(18)27-29)25(4,5)6/h10-14H,1,15H2,2-9H3. The maximum Gasteiger partial charge on any atom is 0.335 e. The Morgan fingerprint density at radius 3 is 1.90 bits per heavy atom. The molecule has 160 valence electrons.